The van der Waals surface area contributed by atoms with E-state index in [9.17, 15) is 9.59 Å². The third kappa shape index (κ3) is 16.0. The first-order valence-corrected chi connectivity index (χ1v) is 26.2. The number of rotatable bonds is 30. The number of hydrogen-bond acceptors (Lipinski definition) is 12. The van der Waals surface area contributed by atoms with Gasteiger partial charge >= 0.3 is 29.5 Å². The Morgan fingerprint density at radius 3 is 1.19 bits per heavy atom. The molecular weight excluding hydrogens is 837 g/mol. The van der Waals surface area contributed by atoms with Crippen LogP contribution in [0.4, 0.5) is 0 Å². The van der Waals surface area contributed by atoms with Crippen molar-refractivity contribution < 1.29 is 55.1 Å². The normalized spacial score (nSPS) is 11.7. The molecule has 0 aliphatic heterocycles. The van der Waals surface area contributed by atoms with Gasteiger partial charge in [0.05, 0.1) is 13.2 Å². The predicted molar refractivity (Wildman–Crippen MR) is 248 cm³/mol. The summed E-state index contributed by atoms with van der Waals surface area (Å²) in [5.74, 6) is 1.63. The molecule has 0 aromatic heterocycles. The molecule has 0 heterocycles. The predicted octanol–water partition coefficient (Wildman–Crippen LogP) is 9.94. The van der Waals surface area contributed by atoms with E-state index in [1.807, 2.05) is 120 Å². The van der Waals surface area contributed by atoms with E-state index in [4.69, 9.17) is 45.5 Å². The minimum absolute atomic E-state index is 0.372. The lowest BCUT2D eigenvalue weighted by molar-refractivity contribution is -0.132. The van der Waals surface area contributed by atoms with Gasteiger partial charge in [-0.3, -0.25) is 9.59 Å². The summed E-state index contributed by atoms with van der Waals surface area (Å²) < 4.78 is 61.2. The number of benzene rings is 4. The molecule has 0 spiro atoms. The highest BCUT2D eigenvalue weighted by molar-refractivity contribution is 6.61. The number of esters is 2. The lowest BCUT2D eigenvalue weighted by Crippen LogP contribution is -2.46. The zero-order chi connectivity index (χ0) is 45.5. The third-order valence-electron chi connectivity index (χ3n) is 9.89. The van der Waals surface area contributed by atoms with Crippen LogP contribution in [-0.4, -0.2) is 82.4 Å². The maximum Gasteiger partial charge on any atom is 0.501 e. The van der Waals surface area contributed by atoms with Gasteiger partial charge in [-0.2, -0.15) is 0 Å². The summed E-state index contributed by atoms with van der Waals surface area (Å²) in [4.78, 5) is 24.8. The maximum absolute atomic E-state index is 12.7. The Balaban J connectivity index is 1.66. The van der Waals surface area contributed by atoms with Crippen LogP contribution in [0.5, 0.6) is 23.0 Å². The zero-order valence-electron chi connectivity index (χ0n) is 38.6. The molecule has 0 saturated carbocycles. The molecule has 4 aromatic carbocycles. The summed E-state index contributed by atoms with van der Waals surface area (Å²) in [7, 11) is -5.70. The van der Waals surface area contributed by atoms with Gasteiger partial charge in [-0.25, -0.2) is 0 Å². The standard InChI is InChI=1S/C49H68O12Si2/c1-9-54-62(55-10-2,56-11-3)33-21-31-52-46-29-17-15-23-40(46)35-44-27-20-28-45(49(44)61-39(8)51)37-43-26-19-25-42(36-41-24-16-18-30-47(41)60-38(7)50)48(43)53-32-22-34-63(57-12-4,58-13-5)59-14-6/h15-20,23-30H,9-14,21-22,31-37H2,1-8H3. The first-order chi connectivity index (χ1) is 30.5. The lowest BCUT2D eigenvalue weighted by atomic mass is 9.94. The largest absolute Gasteiger partial charge is 0.501 e. The van der Waals surface area contributed by atoms with Gasteiger partial charge < -0.3 is 45.5 Å². The lowest BCUT2D eigenvalue weighted by Gasteiger charge is -2.28. The van der Waals surface area contributed by atoms with Crippen LogP contribution in [0.25, 0.3) is 0 Å². The Bertz CT molecular complexity index is 1970. The van der Waals surface area contributed by atoms with Crippen LogP contribution in [0.2, 0.25) is 12.1 Å². The van der Waals surface area contributed by atoms with Gasteiger partial charge in [0.25, 0.3) is 0 Å². The van der Waals surface area contributed by atoms with Gasteiger partial charge in [-0.05, 0) is 99.9 Å². The molecule has 12 nitrogen and oxygen atoms in total. The van der Waals surface area contributed by atoms with E-state index in [2.05, 4.69) is 0 Å². The monoisotopic (exact) mass is 904 g/mol. The third-order valence-corrected chi connectivity index (χ3v) is 16.2. The fourth-order valence-electron chi connectivity index (χ4n) is 7.54. The average molecular weight is 905 g/mol. The summed E-state index contributed by atoms with van der Waals surface area (Å²) in [5, 5.41) is 0. The number of hydrogen-bond donors (Lipinski definition) is 0. The van der Waals surface area contributed by atoms with Gasteiger partial charge in [-0.1, -0.05) is 72.8 Å². The minimum Gasteiger partial charge on any atom is -0.493 e. The van der Waals surface area contributed by atoms with E-state index in [1.165, 1.54) is 13.8 Å². The summed E-state index contributed by atoms with van der Waals surface area (Å²) in [6.45, 7) is 18.4. The summed E-state index contributed by atoms with van der Waals surface area (Å²) in [6.07, 6.45) is 2.64. The molecule has 0 saturated heterocycles. The zero-order valence-corrected chi connectivity index (χ0v) is 40.6. The molecule has 0 aliphatic rings. The van der Waals surface area contributed by atoms with Gasteiger partial charge in [0, 0.05) is 84.8 Å². The fraction of sp³-hybridized carbons (Fsp3) is 0.469. The first kappa shape index (κ1) is 51.3. The van der Waals surface area contributed by atoms with Crippen LogP contribution in [-0.2, 0) is 55.4 Å². The van der Waals surface area contributed by atoms with Crippen LogP contribution >= 0.6 is 0 Å². The van der Waals surface area contributed by atoms with Gasteiger partial charge in [0.2, 0.25) is 0 Å². The first-order valence-electron chi connectivity index (χ1n) is 22.4. The molecule has 0 N–H and O–H groups in total. The van der Waals surface area contributed by atoms with Crippen LogP contribution in [0.15, 0.2) is 84.9 Å². The second-order valence-corrected chi connectivity index (χ2v) is 20.1. The second kappa shape index (κ2) is 27.1. The van der Waals surface area contributed by atoms with E-state index in [0.29, 0.717) is 114 Å². The molecule has 0 amide bonds. The van der Waals surface area contributed by atoms with Crippen molar-refractivity contribution in [1.82, 2.24) is 0 Å². The van der Waals surface area contributed by atoms with Crippen molar-refractivity contribution in [3.05, 3.63) is 118 Å². The van der Waals surface area contributed by atoms with Crippen molar-refractivity contribution in [3.8, 4) is 23.0 Å². The van der Waals surface area contributed by atoms with E-state index in [0.717, 1.165) is 39.1 Å². The van der Waals surface area contributed by atoms with Crippen LogP contribution in [0.1, 0.15) is 102 Å². The molecule has 63 heavy (non-hydrogen) atoms. The molecule has 0 fully saturated rings. The molecule has 0 aliphatic carbocycles. The Morgan fingerprint density at radius 1 is 0.413 bits per heavy atom. The SMILES string of the molecule is CCO[Si](CCCOc1ccccc1Cc1cccc(Cc2cccc(Cc3ccccc3OC(C)=O)c2OCCC[Si](OCC)(OCC)OCC)c1OC(C)=O)(OCC)OCC. The van der Waals surface area contributed by atoms with Crippen molar-refractivity contribution in [2.24, 2.45) is 0 Å². The Morgan fingerprint density at radius 2 is 0.762 bits per heavy atom. The topological polar surface area (TPSA) is 126 Å². The molecule has 0 bridgehead atoms. The van der Waals surface area contributed by atoms with Crippen molar-refractivity contribution in [2.75, 3.05) is 52.9 Å². The van der Waals surface area contributed by atoms with Crippen LogP contribution in [0, 0.1) is 0 Å². The molecule has 0 radical (unpaired) electrons. The summed E-state index contributed by atoms with van der Waals surface area (Å²) in [5.41, 5.74) is 5.27. The van der Waals surface area contributed by atoms with Gasteiger partial charge in [0.15, 0.2) is 0 Å². The highest BCUT2D eigenvalue weighted by Gasteiger charge is 2.40. The van der Waals surface area contributed by atoms with Crippen molar-refractivity contribution in [3.63, 3.8) is 0 Å². The molecule has 14 heteroatoms. The van der Waals surface area contributed by atoms with Gasteiger partial charge in [0.1, 0.15) is 23.0 Å². The number of para-hydroxylation sites is 4. The average Bonchev–Trinajstić information content (AvgIpc) is 3.24. The highest BCUT2D eigenvalue weighted by atomic mass is 28.4. The van der Waals surface area contributed by atoms with E-state index < -0.39 is 29.5 Å². The molecule has 344 valence electrons. The van der Waals surface area contributed by atoms with E-state index in [-0.39, 0.29) is 0 Å². The molecular formula is C49H68O12Si2. The smallest absolute Gasteiger partial charge is 0.493 e. The van der Waals surface area contributed by atoms with Crippen LogP contribution in [0.3, 0.4) is 0 Å². The number of carbonyl (C=O) groups is 2. The van der Waals surface area contributed by atoms with Gasteiger partial charge in [-0.15, -0.1) is 0 Å². The maximum atomic E-state index is 12.7. The molecule has 0 atom stereocenters. The summed E-state index contributed by atoms with van der Waals surface area (Å²) >= 11 is 0. The van der Waals surface area contributed by atoms with Crippen molar-refractivity contribution in [1.29, 1.82) is 0 Å². The van der Waals surface area contributed by atoms with Crippen molar-refractivity contribution >= 4 is 29.5 Å². The highest BCUT2D eigenvalue weighted by Crippen LogP contribution is 2.36. The van der Waals surface area contributed by atoms with Crippen LogP contribution < -0.4 is 18.9 Å². The summed E-state index contributed by atoms with van der Waals surface area (Å²) in [6, 6.07) is 28.7. The minimum atomic E-state index is -2.90. The molecule has 0 unspecified atom stereocenters. The van der Waals surface area contributed by atoms with Crippen molar-refractivity contribution in [2.45, 2.75) is 99.6 Å². The fourth-order valence-corrected chi connectivity index (χ4v) is 12.7. The molecule has 4 aromatic rings. The Hall–Kier alpha value is -4.39. The van der Waals surface area contributed by atoms with E-state index >= 15 is 0 Å². The Labute approximate surface area is 377 Å². The second-order valence-electron chi connectivity index (χ2n) is 14.6. The van der Waals surface area contributed by atoms with E-state index in [1.54, 1.807) is 6.07 Å². The number of carbonyl (C=O) groups excluding carboxylic acids is 2. The quantitative estimate of drug-likeness (QED) is 0.0214. The molecule has 4 rings (SSSR count). The Kier molecular flexibility index (Phi) is 22.0. The number of ether oxygens (including phenoxy) is 4.